The van der Waals surface area contributed by atoms with Crippen molar-refractivity contribution in [3.63, 3.8) is 0 Å². The molecule has 0 saturated carbocycles. The van der Waals surface area contributed by atoms with E-state index in [4.69, 9.17) is 16.7 Å². The van der Waals surface area contributed by atoms with E-state index in [0.29, 0.717) is 10.6 Å². The van der Waals surface area contributed by atoms with Gasteiger partial charge in [0.1, 0.15) is 0 Å². The third-order valence-electron chi connectivity index (χ3n) is 2.68. The summed E-state index contributed by atoms with van der Waals surface area (Å²) in [4.78, 5) is 11.7. The second-order valence-corrected chi connectivity index (χ2v) is 4.78. The van der Waals surface area contributed by atoms with Gasteiger partial charge in [0, 0.05) is 5.02 Å². The summed E-state index contributed by atoms with van der Waals surface area (Å²) in [5, 5.41) is 22.9. The number of carbonyl (C=O) groups is 1. The summed E-state index contributed by atoms with van der Waals surface area (Å²) in [6, 6.07) is 11.2. The number of phenolic OH excluding ortho intramolecular Hbond substituents is 2. The van der Waals surface area contributed by atoms with E-state index in [1.165, 1.54) is 18.3 Å². The SMILES string of the molecule is O=C(Cc1ccc(Cl)cc1)N/N=C/c1ccc(O)c(O)c1. The quantitative estimate of drug-likeness (QED) is 0.461. The lowest BCUT2D eigenvalue weighted by Gasteiger charge is -2.01. The number of hydrogen-bond donors (Lipinski definition) is 3. The first-order chi connectivity index (χ1) is 10.0. The van der Waals surface area contributed by atoms with Crippen LogP contribution in [0.1, 0.15) is 11.1 Å². The van der Waals surface area contributed by atoms with Crippen LogP contribution in [0.15, 0.2) is 47.6 Å². The summed E-state index contributed by atoms with van der Waals surface area (Å²) >= 11 is 5.76. The summed E-state index contributed by atoms with van der Waals surface area (Å²) in [6.07, 6.45) is 1.56. The van der Waals surface area contributed by atoms with Crippen LogP contribution in [0, 0.1) is 0 Å². The summed E-state index contributed by atoms with van der Waals surface area (Å²) < 4.78 is 0. The van der Waals surface area contributed by atoms with Crippen molar-refractivity contribution in [1.82, 2.24) is 5.43 Å². The van der Waals surface area contributed by atoms with Gasteiger partial charge in [0.05, 0.1) is 12.6 Å². The Kier molecular flexibility index (Phi) is 4.79. The standard InChI is InChI=1S/C15H13ClN2O3/c16-12-4-1-10(2-5-12)8-15(21)18-17-9-11-3-6-13(19)14(20)7-11/h1-7,9,19-20H,8H2,(H,18,21)/b17-9+. The molecule has 1 amide bonds. The number of hydrazone groups is 1. The molecule has 0 spiro atoms. The third-order valence-corrected chi connectivity index (χ3v) is 2.93. The number of amides is 1. The van der Waals surface area contributed by atoms with Crippen LogP contribution in [-0.2, 0) is 11.2 Å². The molecule has 0 aliphatic rings. The zero-order valence-corrected chi connectivity index (χ0v) is 11.7. The minimum absolute atomic E-state index is 0.190. The molecule has 21 heavy (non-hydrogen) atoms. The van der Waals surface area contributed by atoms with E-state index >= 15 is 0 Å². The van der Waals surface area contributed by atoms with Gasteiger partial charge in [-0.1, -0.05) is 23.7 Å². The Morgan fingerprint density at radius 1 is 1.14 bits per heavy atom. The molecule has 0 radical (unpaired) electrons. The van der Waals surface area contributed by atoms with Crippen LogP contribution in [0.25, 0.3) is 0 Å². The van der Waals surface area contributed by atoms with E-state index in [1.54, 1.807) is 30.3 Å². The fourth-order valence-corrected chi connectivity index (χ4v) is 1.75. The molecule has 0 bridgehead atoms. The second-order valence-electron chi connectivity index (χ2n) is 4.34. The first kappa shape index (κ1) is 14.9. The number of aromatic hydroxyl groups is 2. The summed E-state index contributed by atoms with van der Waals surface area (Å²) in [5.41, 5.74) is 3.76. The maximum absolute atomic E-state index is 11.7. The molecule has 0 fully saturated rings. The molecule has 6 heteroatoms. The second kappa shape index (κ2) is 6.76. The predicted octanol–water partition coefficient (Wildman–Crippen LogP) is 2.44. The molecule has 3 N–H and O–H groups in total. The van der Waals surface area contributed by atoms with E-state index in [0.717, 1.165) is 5.56 Å². The monoisotopic (exact) mass is 304 g/mol. The number of nitrogens with zero attached hydrogens (tertiary/aromatic N) is 1. The maximum Gasteiger partial charge on any atom is 0.244 e. The molecule has 0 unspecified atom stereocenters. The van der Waals surface area contributed by atoms with Crippen molar-refractivity contribution >= 4 is 23.7 Å². The molecule has 0 heterocycles. The number of carbonyl (C=O) groups excluding carboxylic acids is 1. The Hall–Kier alpha value is -2.53. The molecule has 2 rings (SSSR count). The van der Waals surface area contributed by atoms with E-state index in [1.807, 2.05) is 0 Å². The Morgan fingerprint density at radius 2 is 1.86 bits per heavy atom. The molecule has 0 aliphatic carbocycles. The molecular weight excluding hydrogens is 292 g/mol. The highest BCUT2D eigenvalue weighted by molar-refractivity contribution is 6.30. The number of hydrogen-bond acceptors (Lipinski definition) is 4. The van der Waals surface area contributed by atoms with Crippen molar-refractivity contribution in [2.24, 2.45) is 5.10 Å². The van der Waals surface area contributed by atoms with Gasteiger partial charge in [-0.25, -0.2) is 5.43 Å². The van der Waals surface area contributed by atoms with Gasteiger partial charge in [-0.05, 0) is 41.5 Å². The Labute approximate surface area is 126 Å². The summed E-state index contributed by atoms with van der Waals surface area (Å²) in [7, 11) is 0. The van der Waals surface area contributed by atoms with Gasteiger partial charge in [-0.3, -0.25) is 4.79 Å². The summed E-state index contributed by atoms with van der Waals surface area (Å²) in [6.45, 7) is 0. The third kappa shape index (κ3) is 4.50. The zero-order chi connectivity index (χ0) is 15.2. The van der Waals surface area contributed by atoms with Gasteiger partial charge < -0.3 is 10.2 Å². The van der Waals surface area contributed by atoms with Gasteiger partial charge in [-0.2, -0.15) is 5.10 Å². The highest BCUT2D eigenvalue weighted by atomic mass is 35.5. The predicted molar refractivity (Wildman–Crippen MR) is 80.7 cm³/mol. The van der Waals surface area contributed by atoms with Crippen LogP contribution in [0.4, 0.5) is 0 Å². The zero-order valence-electron chi connectivity index (χ0n) is 11.0. The molecule has 0 saturated heterocycles. The topological polar surface area (TPSA) is 81.9 Å². The lowest BCUT2D eigenvalue weighted by Crippen LogP contribution is -2.19. The Balaban J connectivity index is 1.89. The molecule has 0 aromatic heterocycles. The van der Waals surface area contributed by atoms with Crippen molar-refractivity contribution in [2.75, 3.05) is 0 Å². The molecule has 2 aromatic carbocycles. The Bertz CT molecular complexity index is 669. The average Bonchev–Trinajstić information content (AvgIpc) is 2.45. The van der Waals surface area contributed by atoms with Gasteiger partial charge in [0.15, 0.2) is 11.5 Å². The molecule has 2 aromatic rings. The smallest absolute Gasteiger partial charge is 0.244 e. The first-order valence-corrected chi connectivity index (χ1v) is 6.51. The molecule has 108 valence electrons. The van der Waals surface area contributed by atoms with E-state index in [-0.39, 0.29) is 23.8 Å². The molecule has 0 aliphatic heterocycles. The lowest BCUT2D eigenvalue weighted by atomic mass is 10.1. The largest absolute Gasteiger partial charge is 0.504 e. The molecule has 5 nitrogen and oxygen atoms in total. The van der Waals surface area contributed by atoms with Gasteiger partial charge in [0.2, 0.25) is 5.91 Å². The van der Waals surface area contributed by atoms with Crippen molar-refractivity contribution in [1.29, 1.82) is 0 Å². The maximum atomic E-state index is 11.7. The lowest BCUT2D eigenvalue weighted by molar-refractivity contribution is -0.120. The first-order valence-electron chi connectivity index (χ1n) is 6.13. The van der Waals surface area contributed by atoms with Gasteiger partial charge in [0.25, 0.3) is 0 Å². The van der Waals surface area contributed by atoms with Crippen LogP contribution in [0.5, 0.6) is 11.5 Å². The molecular formula is C15H13ClN2O3. The van der Waals surface area contributed by atoms with Crippen molar-refractivity contribution < 1.29 is 15.0 Å². The fraction of sp³-hybridized carbons (Fsp3) is 0.0667. The van der Waals surface area contributed by atoms with E-state index < -0.39 is 0 Å². The van der Waals surface area contributed by atoms with Crippen LogP contribution >= 0.6 is 11.6 Å². The number of rotatable bonds is 4. The van der Waals surface area contributed by atoms with Crippen molar-refractivity contribution in [2.45, 2.75) is 6.42 Å². The number of halogens is 1. The normalized spacial score (nSPS) is 10.7. The average molecular weight is 305 g/mol. The number of nitrogens with one attached hydrogen (secondary N) is 1. The van der Waals surface area contributed by atoms with Crippen molar-refractivity contribution in [3.8, 4) is 11.5 Å². The van der Waals surface area contributed by atoms with Crippen LogP contribution in [-0.4, -0.2) is 22.3 Å². The Morgan fingerprint density at radius 3 is 2.52 bits per heavy atom. The van der Waals surface area contributed by atoms with Crippen LogP contribution in [0.2, 0.25) is 5.02 Å². The van der Waals surface area contributed by atoms with Gasteiger partial charge in [-0.15, -0.1) is 0 Å². The number of benzene rings is 2. The highest BCUT2D eigenvalue weighted by Gasteiger charge is 2.02. The van der Waals surface area contributed by atoms with Crippen LogP contribution in [0.3, 0.4) is 0 Å². The van der Waals surface area contributed by atoms with Crippen molar-refractivity contribution in [3.05, 3.63) is 58.6 Å². The summed E-state index contributed by atoms with van der Waals surface area (Å²) in [5.74, 6) is -0.720. The van der Waals surface area contributed by atoms with Gasteiger partial charge >= 0.3 is 0 Å². The molecule has 0 atom stereocenters. The minimum atomic E-state index is -0.267. The van der Waals surface area contributed by atoms with E-state index in [2.05, 4.69) is 10.5 Å². The van der Waals surface area contributed by atoms with Crippen LogP contribution < -0.4 is 5.43 Å². The van der Waals surface area contributed by atoms with E-state index in [9.17, 15) is 9.90 Å². The minimum Gasteiger partial charge on any atom is -0.504 e. The fourth-order valence-electron chi connectivity index (χ4n) is 1.63. The highest BCUT2D eigenvalue weighted by Crippen LogP contribution is 2.23. The number of phenols is 2.